The zero-order valence-electron chi connectivity index (χ0n) is 38.3. The van der Waals surface area contributed by atoms with Crippen LogP contribution in [0.25, 0.3) is 148 Å². The van der Waals surface area contributed by atoms with Gasteiger partial charge in [0.2, 0.25) is 0 Å². The molecule has 5 heterocycles. The Morgan fingerprint density at radius 2 is 0.690 bits per heavy atom. The Bertz CT molecular complexity index is 4880. The van der Waals surface area contributed by atoms with E-state index in [4.69, 9.17) is 4.42 Å². The van der Waals surface area contributed by atoms with Crippen LogP contribution in [0.2, 0.25) is 0 Å². The summed E-state index contributed by atoms with van der Waals surface area (Å²) >= 11 is 0. The van der Waals surface area contributed by atoms with Gasteiger partial charge in [-0.2, -0.15) is 0 Å². The van der Waals surface area contributed by atoms with Crippen LogP contribution in [0.3, 0.4) is 0 Å². The van der Waals surface area contributed by atoms with Gasteiger partial charge in [-0.15, -0.1) is 0 Å². The summed E-state index contributed by atoms with van der Waals surface area (Å²) in [7, 11) is 0. The van der Waals surface area contributed by atoms with Crippen molar-refractivity contribution < 1.29 is 4.42 Å². The second-order valence-corrected chi connectivity index (χ2v) is 19.0. The lowest BCUT2D eigenvalue weighted by Gasteiger charge is -2.11. The van der Waals surface area contributed by atoms with Crippen LogP contribution in [-0.4, -0.2) is 18.7 Å². The predicted molar refractivity (Wildman–Crippen MR) is 297 cm³/mol. The van der Waals surface area contributed by atoms with Crippen molar-refractivity contribution in [2.75, 3.05) is 0 Å². The number of fused-ring (bicyclic) bond motifs is 15. The van der Waals surface area contributed by atoms with Crippen LogP contribution < -0.4 is 0 Å². The highest BCUT2D eigenvalue weighted by atomic mass is 16.3. The minimum Gasteiger partial charge on any atom is -0.456 e. The largest absolute Gasteiger partial charge is 0.456 e. The van der Waals surface area contributed by atoms with Crippen molar-refractivity contribution in [2.45, 2.75) is 0 Å². The number of nitrogens with zero attached hydrogens (tertiary/aromatic N) is 3. The summed E-state index contributed by atoms with van der Waals surface area (Å²) in [5.41, 5.74) is 19.2. The molecule has 0 saturated heterocycles. The van der Waals surface area contributed by atoms with Crippen molar-refractivity contribution in [1.82, 2.24) is 18.7 Å². The number of aromatic amines is 1. The maximum Gasteiger partial charge on any atom is 0.135 e. The fourth-order valence-corrected chi connectivity index (χ4v) is 11.9. The summed E-state index contributed by atoms with van der Waals surface area (Å²) in [4.78, 5) is 3.62. The monoisotopic (exact) mass is 904 g/mol. The van der Waals surface area contributed by atoms with Gasteiger partial charge in [-0.1, -0.05) is 133 Å². The topological polar surface area (TPSA) is 43.7 Å². The van der Waals surface area contributed by atoms with Crippen molar-refractivity contribution in [3.05, 3.63) is 237 Å². The molecule has 5 aromatic heterocycles. The molecule has 5 heteroatoms. The van der Waals surface area contributed by atoms with Crippen molar-refractivity contribution in [3.63, 3.8) is 0 Å². The number of furan rings is 1. The normalized spacial score (nSPS) is 12.2. The zero-order valence-corrected chi connectivity index (χ0v) is 38.3. The van der Waals surface area contributed by atoms with Gasteiger partial charge in [-0.25, -0.2) is 0 Å². The van der Waals surface area contributed by atoms with E-state index in [9.17, 15) is 0 Å². The number of rotatable bonds is 5. The quantitative estimate of drug-likeness (QED) is 0.184. The van der Waals surface area contributed by atoms with E-state index < -0.39 is 0 Å². The van der Waals surface area contributed by atoms with Gasteiger partial charge in [-0.3, -0.25) is 0 Å². The Morgan fingerprint density at radius 1 is 0.239 bits per heavy atom. The van der Waals surface area contributed by atoms with E-state index in [1.54, 1.807) is 0 Å². The number of nitrogens with one attached hydrogen (secondary N) is 1. The number of benzene rings is 11. The molecule has 16 rings (SSSR count). The zero-order chi connectivity index (χ0) is 46.3. The van der Waals surface area contributed by atoms with Gasteiger partial charge in [0.25, 0.3) is 0 Å². The summed E-state index contributed by atoms with van der Waals surface area (Å²) in [5.74, 6) is 0. The number of para-hydroxylation sites is 5. The van der Waals surface area contributed by atoms with Gasteiger partial charge in [-0.05, 0) is 125 Å². The van der Waals surface area contributed by atoms with E-state index in [0.29, 0.717) is 0 Å². The fraction of sp³-hybridized carbons (Fsp3) is 0. The lowest BCUT2D eigenvalue weighted by Crippen LogP contribution is -1.94. The van der Waals surface area contributed by atoms with Gasteiger partial charge in [0, 0.05) is 82.0 Å². The first-order valence-electron chi connectivity index (χ1n) is 24.3. The van der Waals surface area contributed by atoms with Crippen LogP contribution in [0.15, 0.2) is 241 Å². The average molecular weight is 905 g/mol. The molecule has 0 spiro atoms. The Hall–Kier alpha value is -9.58. The Balaban J connectivity index is 0.861. The summed E-state index contributed by atoms with van der Waals surface area (Å²) in [6, 6.07) is 86.5. The van der Waals surface area contributed by atoms with Crippen LogP contribution >= 0.6 is 0 Å². The molecular formula is C66H40N4O. The molecule has 0 aliphatic carbocycles. The molecule has 11 aromatic carbocycles. The van der Waals surface area contributed by atoms with E-state index in [2.05, 4.69) is 243 Å². The fourth-order valence-electron chi connectivity index (χ4n) is 11.9. The van der Waals surface area contributed by atoms with Gasteiger partial charge in [0.1, 0.15) is 11.2 Å². The minimum atomic E-state index is 0.895. The van der Waals surface area contributed by atoms with Crippen LogP contribution in [0.5, 0.6) is 0 Å². The molecule has 0 radical (unpaired) electrons. The molecule has 16 aromatic rings. The molecule has 0 aliphatic rings. The summed E-state index contributed by atoms with van der Waals surface area (Å²) in [6.45, 7) is 0. The highest BCUT2D eigenvalue weighted by Gasteiger charge is 2.20. The molecule has 0 amide bonds. The third-order valence-corrected chi connectivity index (χ3v) is 15.2. The van der Waals surface area contributed by atoms with E-state index >= 15 is 0 Å². The summed E-state index contributed by atoms with van der Waals surface area (Å²) in [6.07, 6.45) is 0. The number of aromatic nitrogens is 4. The smallest absolute Gasteiger partial charge is 0.135 e. The molecule has 0 unspecified atom stereocenters. The molecule has 5 nitrogen and oxygen atoms in total. The van der Waals surface area contributed by atoms with Crippen molar-refractivity contribution in [3.8, 4) is 39.3 Å². The van der Waals surface area contributed by atoms with E-state index in [0.717, 1.165) is 50.0 Å². The molecule has 0 aliphatic heterocycles. The maximum absolute atomic E-state index is 6.25. The first-order valence-corrected chi connectivity index (χ1v) is 24.3. The highest BCUT2D eigenvalue weighted by molar-refractivity contribution is 6.15. The molecule has 1 N–H and O–H groups in total. The van der Waals surface area contributed by atoms with E-state index in [1.807, 2.05) is 12.1 Å². The molecule has 0 atom stereocenters. The standard InChI is InChI=1S/C66H40N4O/c1-2-12-44(13-3-1)68-61-32-25-40(41-22-28-50-49-16-6-10-20-60(49)70(62(50)35-41)46-27-33-66-56(39-46)53-17-7-11-21-65(53)71-66)34-55(61)52-30-24-43(37-64(52)68)42-23-29-51-48-15-5-9-19-59(48)69(63(51)36-42)45-26-31-58-54(38-45)47-14-4-8-18-57(47)67-58/h1-39,67H. The van der Waals surface area contributed by atoms with Crippen molar-refractivity contribution in [1.29, 1.82) is 0 Å². The SMILES string of the molecule is c1ccc(-n2c3ccc(-c4ccc5c6ccccc6n(-c6ccc7oc8ccccc8c7c6)c5c4)cc3c3ccc(-c4ccc5c6ccccc6n(-c6ccc7[nH]c8ccccc8c7c6)c5c4)cc32)cc1. The third kappa shape index (κ3) is 5.57. The Kier molecular flexibility index (Phi) is 7.82. The molecular weight excluding hydrogens is 865 g/mol. The average Bonchev–Trinajstić information content (AvgIpc) is 4.24. The van der Waals surface area contributed by atoms with Gasteiger partial charge >= 0.3 is 0 Å². The molecule has 71 heavy (non-hydrogen) atoms. The Labute approximate surface area is 406 Å². The number of hydrogen-bond donors (Lipinski definition) is 1. The van der Waals surface area contributed by atoms with Crippen LogP contribution in [0, 0.1) is 0 Å². The lowest BCUT2D eigenvalue weighted by molar-refractivity contribution is 0.669. The van der Waals surface area contributed by atoms with Crippen LogP contribution in [0.1, 0.15) is 0 Å². The first kappa shape index (κ1) is 38.4. The van der Waals surface area contributed by atoms with E-state index in [1.165, 1.54) is 98.4 Å². The van der Waals surface area contributed by atoms with Crippen LogP contribution in [0.4, 0.5) is 0 Å². The molecule has 0 fully saturated rings. The number of hydrogen-bond acceptors (Lipinski definition) is 1. The lowest BCUT2D eigenvalue weighted by atomic mass is 9.99. The third-order valence-electron chi connectivity index (χ3n) is 15.2. The second kappa shape index (κ2) is 14.5. The van der Waals surface area contributed by atoms with Gasteiger partial charge < -0.3 is 23.1 Å². The molecule has 330 valence electrons. The minimum absolute atomic E-state index is 0.895. The van der Waals surface area contributed by atoms with Gasteiger partial charge in [0.05, 0.1) is 33.1 Å². The van der Waals surface area contributed by atoms with Crippen molar-refractivity contribution in [2.24, 2.45) is 0 Å². The predicted octanol–water partition coefficient (Wildman–Crippen LogP) is 17.8. The van der Waals surface area contributed by atoms with E-state index in [-0.39, 0.29) is 0 Å². The summed E-state index contributed by atoms with van der Waals surface area (Å²) < 4.78 is 13.5. The highest BCUT2D eigenvalue weighted by Crippen LogP contribution is 2.42. The number of H-pyrrole nitrogens is 1. The van der Waals surface area contributed by atoms with Crippen molar-refractivity contribution >= 4 is 109 Å². The maximum atomic E-state index is 6.25. The Morgan fingerprint density at radius 3 is 1.37 bits per heavy atom. The summed E-state index contributed by atoms with van der Waals surface area (Å²) in [5, 5.41) is 12.1. The molecule has 0 saturated carbocycles. The van der Waals surface area contributed by atoms with Crippen LogP contribution in [-0.2, 0) is 0 Å². The second-order valence-electron chi connectivity index (χ2n) is 19.0. The van der Waals surface area contributed by atoms with Gasteiger partial charge in [0.15, 0.2) is 0 Å². The first-order chi connectivity index (χ1) is 35.2. The molecule has 0 bridgehead atoms.